The minimum Gasteiger partial charge on any atom is -0.347 e. The fourth-order valence-corrected chi connectivity index (χ4v) is 8.90. The largest absolute Gasteiger partial charge is 0.347 e. The quantitative estimate of drug-likeness (QED) is 0.227. The number of amides is 5. The van der Waals surface area contributed by atoms with Gasteiger partial charge in [0.2, 0.25) is 17.6 Å². The summed E-state index contributed by atoms with van der Waals surface area (Å²) in [7, 11) is -3.55. The number of hydrogen-bond acceptors (Lipinski definition) is 7. The summed E-state index contributed by atoms with van der Waals surface area (Å²) in [4.78, 5) is 69.6. The lowest BCUT2D eigenvalue weighted by Crippen LogP contribution is -2.63. The number of sulfone groups is 1. The van der Waals surface area contributed by atoms with E-state index in [0.717, 1.165) is 38.5 Å². The Morgan fingerprint density at radius 1 is 0.938 bits per heavy atom. The molecule has 3 aliphatic carbocycles. The molecular weight excluding hydrogens is 634 g/mol. The zero-order chi connectivity index (χ0) is 35.9. The van der Waals surface area contributed by atoms with E-state index in [0.29, 0.717) is 38.6 Å². The van der Waals surface area contributed by atoms with E-state index in [1.807, 2.05) is 34.6 Å². The monoisotopic (exact) mass is 693 g/mol. The summed E-state index contributed by atoms with van der Waals surface area (Å²) in [5.74, 6) is -2.52. The van der Waals surface area contributed by atoms with Gasteiger partial charge >= 0.3 is 6.03 Å². The van der Waals surface area contributed by atoms with Crippen molar-refractivity contribution < 1.29 is 32.4 Å². The summed E-state index contributed by atoms with van der Waals surface area (Å²) in [5, 5.41) is 11.6. The lowest BCUT2D eigenvalue weighted by molar-refractivity contribution is -0.144. The molecule has 2 unspecified atom stereocenters. The highest BCUT2D eigenvalue weighted by Gasteiger charge is 2.63. The molecule has 1 aliphatic heterocycles. The molecule has 0 radical (unpaired) electrons. The summed E-state index contributed by atoms with van der Waals surface area (Å²) in [5.41, 5.74) is -2.97. The van der Waals surface area contributed by atoms with E-state index in [4.69, 9.17) is 0 Å². The molecule has 0 aromatic rings. The predicted molar refractivity (Wildman–Crippen MR) is 184 cm³/mol. The van der Waals surface area contributed by atoms with Crippen molar-refractivity contribution in [3.63, 3.8) is 0 Å². The number of nitrogens with zero attached hydrogens (tertiary/aromatic N) is 1. The molecule has 4 N–H and O–H groups in total. The van der Waals surface area contributed by atoms with Crippen molar-refractivity contribution in [2.24, 2.45) is 17.3 Å². The van der Waals surface area contributed by atoms with Crippen LogP contribution >= 0.6 is 0 Å². The summed E-state index contributed by atoms with van der Waals surface area (Å²) in [6.07, 6.45) is 7.51. The Bertz CT molecular complexity index is 1370. The molecule has 0 aromatic carbocycles. The van der Waals surface area contributed by atoms with Crippen molar-refractivity contribution >= 4 is 39.4 Å². The first-order chi connectivity index (χ1) is 22.1. The highest BCUT2D eigenvalue weighted by atomic mass is 32.2. The van der Waals surface area contributed by atoms with Crippen LogP contribution in [0, 0.1) is 17.3 Å². The van der Waals surface area contributed by atoms with Crippen molar-refractivity contribution in [3.8, 4) is 0 Å². The van der Waals surface area contributed by atoms with Crippen molar-refractivity contribution in [1.82, 2.24) is 26.2 Å². The first-order valence-electron chi connectivity index (χ1n) is 17.9. The lowest BCUT2D eigenvalue weighted by atomic mass is 9.83. The normalized spacial score (nSPS) is 27.8. The van der Waals surface area contributed by atoms with Crippen LogP contribution in [0.4, 0.5) is 4.79 Å². The Morgan fingerprint density at radius 3 is 2.10 bits per heavy atom. The fourth-order valence-electron chi connectivity index (χ4n) is 7.37. The molecule has 13 heteroatoms. The summed E-state index contributed by atoms with van der Waals surface area (Å²) < 4.78 is 25.6. The van der Waals surface area contributed by atoms with E-state index in [-0.39, 0.29) is 23.6 Å². The fraction of sp³-hybridized carbons (Fsp3) is 0.857. The molecule has 48 heavy (non-hydrogen) atoms. The van der Waals surface area contributed by atoms with E-state index >= 15 is 0 Å². The van der Waals surface area contributed by atoms with Crippen molar-refractivity contribution in [2.45, 2.75) is 160 Å². The highest BCUT2D eigenvalue weighted by molar-refractivity contribution is 7.92. The molecule has 272 valence electrons. The van der Waals surface area contributed by atoms with Crippen LogP contribution in [0.15, 0.2) is 0 Å². The number of rotatable bonds is 12. The molecule has 5 amide bonds. The number of urea groups is 1. The minimum absolute atomic E-state index is 0.0105. The third-order valence-corrected chi connectivity index (χ3v) is 13.5. The molecule has 4 aliphatic rings. The summed E-state index contributed by atoms with van der Waals surface area (Å²) in [6, 6.07) is -2.50. The maximum atomic E-state index is 14.3. The molecule has 4 rings (SSSR count). The van der Waals surface area contributed by atoms with Crippen LogP contribution in [0.3, 0.4) is 0 Å². The van der Waals surface area contributed by atoms with Crippen LogP contribution in [-0.4, -0.2) is 89.1 Å². The second-order valence-corrected chi connectivity index (χ2v) is 19.9. The number of nitrogens with one attached hydrogen (secondary N) is 4. The van der Waals surface area contributed by atoms with Gasteiger partial charge < -0.3 is 26.2 Å². The van der Waals surface area contributed by atoms with E-state index in [9.17, 15) is 32.4 Å². The van der Waals surface area contributed by atoms with Gasteiger partial charge in [0.25, 0.3) is 5.91 Å². The van der Waals surface area contributed by atoms with Gasteiger partial charge in [0.15, 0.2) is 9.84 Å². The van der Waals surface area contributed by atoms with Gasteiger partial charge in [0, 0.05) is 12.6 Å². The molecule has 4 fully saturated rings. The number of carbonyl (C=O) groups is 5. The average molecular weight is 694 g/mol. The number of ketones is 1. The average Bonchev–Trinajstić information content (AvgIpc) is 3.87. The third kappa shape index (κ3) is 8.53. The first-order valence-corrected chi connectivity index (χ1v) is 19.6. The van der Waals surface area contributed by atoms with Gasteiger partial charge in [-0.25, -0.2) is 13.2 Å². The van der Waals surface area contributed by atoms with Gasteiger partial charge in [-0.2, -0.15) is 0 Å². The van der Waals surface area contributed by atoms with Gasteiger partial charge in [-0.1, -0.05) is 60.3 Å². The van der Waals surface area contributed by atoms with Crippen LogP contribution in [-0.2, 0) is 29.0 Å². The van der Waals surface area contributed by atoms with Gasteiger partial charge in [-0.05, 0) is 83.0 Å². The van der Waals surface area contributed by atoms with Crippen LogP contribution in [0.25, 0.3) is 0 Å². The van der Waals surface area contributed by atoms with Gasteiger partial charge in [0.1, 0.15) is 17.6 Å². The van der Waals surface area contributed by atoms with E-state index < -0.39 is 72.7 Å². The molecule has 3 saturated carbocycles. The minimum atomic E-state index is -3.55. The molecule has 0 aromatic heterocycles. The van der Waals surface area contributed by atoms with Crippen molar-refractivity contribution in [1.29, 1.82) is 0 Å². The zero-order valence-electron chi connectivity index (χ0n) is 30.3. The van der Waals surface area contributed by atoms with Crippen LogP contribution in [0.5, 0.6) is 0 Å². The molecule has 1 heterocycles. The molecule has 0 spiro atoms. The maximum absolute atomic E-state index is 14.3. The second kappa shape index (κ2) is 13.9. The Hall–Kier alpha value is -2.70. The van der Waals surface area contributed by atoms with E-state index in [2.05, 4.69) is 21.3 Å². The summed E-state index contributed by atoms with van der Waals surface area (Å²) in [6.45, 7) is 14.7. The molecule has 0 bridgehead atoms. The second-order valence-electron chi connectivity index (χ2n) is 17.2. The van der Waals surface area contributed by atoms with Crippen LogP contribution in [0.1, 0.15) is 126 Å². The van der Waals surface area contributed by atoms with Gasteiger partial charge in [-0.15, -0.1) is 0 Å². The number of Topliss-reactive ketones (excluding diaryl/α,β-unsaturated/α-hetero) is 1. The van der Waals surface area contributed by atoms with Gasteiger partial charge in [0.05, 0.1) is 16.0 Å². The Kier molecular flexibility index (Phi) is 11.0. The smallest absolute Gasteiger partial charge is 0.315 e. The van der Waals surface area contributed by atoms with E-state index in [1.54, 1.807) is 20.8 Å². The van der Waals surface area contributed by atoms with Crippen molar-refractivity contribution in [3.05, 3.63) is 0 Å². The Balaban J connectivity index is 1.51. The van der Waals surface area contributed by atoms with Gasteiger partial charge in [-0.3, -0.25) is 19.2 Å². The highest BCUT2D eigenvalue weighted by Crippen LogP contribution is 2.48. The topological polar surface area (TPSA) is 171 Å². The third-order valence-electron chi connectivity index (χ3n) is 10.7. The molecule has 5 atom stereocenters. The predicted octanol–water partition coefficient (Wildman–Crippen LogP) is 3.38. The Morgan fingerprint density at radius 2 is 1.56 bits per heavy atom. The van der Waals surface area contributed by atoms with E-state index in [1.165, 1.54) is 4.90 Å². The van der Waals surface area contributed by atoms with Crippen LogP contribution in [0.2, 0.25) is 0 Å². The maximum Gasteiger partial charge on any atom is 0.315 e. The molecular formula is C35H59N5O7S. The SMILES string of the molecule is CCCC1CC1(NC(=O)[C@@H]1C[C@@H](C)CN1C(=O)[C@@H](NC(=O)NC1(CS(=O)(=O)C(C)(C)C)CCCCC1)C(C)(C)C)C(=O)C(=O)NC1CC1. The summed E-state index contributed by atoms with van der Waals surface area (Å²) >= 11 is 0. The number of hydrogen-bond donors (Lipinski definition) is 4. The lowest BCUT2D eigenvalue weighted by Gasteiger charge is -2.41. The first kappa shape index (κ1) is 38.1. The number of likely N-dealkylation sites (tertiary alicyclic amines) is 1. The van der Waals surface area contributed by atoms with Crippen molar-refractivity contribution in [2.75, 3.05) is 12.3 Å². The Labute approximate surface area is 287 Å². The zero-order valence-corrected chi connectivity index (χ0v) is 31.1. The molecule has 12 nitrogen and oxygen atoms in total. The standard InChI is InChI=1S/C35H59N5O7S/c1-9-13-23-19-35(23,27(41)29(43)36-24-14-15-24)38-28(42)25-18-22(2)20-40(25)30(44)26(32(3,4)5)37-31(45)39-34(16-11-10-12-17-34)21-48(46,47)33(6,7)8/h22-26H,9-21H2,1-8H3,(H,36,43)(H,38,42)(H2,37,39,45)/t22-,23?,25+,26-,35?/m1/s1. The van der Waals surface area contributed by atoms with Crippen LogP contribution < -0.4 is 21.3 Å². The molecule has 1 saturated heterocycles. The number of carbonyl (C=O) groups excluding carboxylic acids is 5.